The first-order chi connectivity index (χ1) is 6.16. The maximum Gasteiger partial charge on any atom is 0.225 e. The van der Waals surface area contributed by atoms with E-state index in [0.717, 1.165) is 19.4 Å². The molecule has 0 aromatic carbocycles. The van der Waals surface area contributed by atoms with Gasteiger partial charge >= 0.3 is 0 Å². The van der Waals surface area contributed by atoms with Gasteiger partial charge < -0.3 is 4.90 Å². The zero-order chi connectivity index (χ0) is 9.84. The van der Waals surface area contributed by atoms with Gasteiger partial charge in [-0.05, 0) is 19.3 Å². The van der Waals surface area contributed by atoms with Gasteiger partial charge in [0.25, 0.3) is 0 Å². The molecule has 0 N–H and O–H groups in total. The third-order valence-electron chi connectivity index (χ3n) is 2.58. The van der Waals surface area contributed by atoms with E-state index in [-0.39, 0.29) is 17.9 Å². The molecule has 0 spiro atoms. The minimum Gasteiger partial charge on any atom is -0.338 e. The molecule has 0 aliphatic carbocycles. The molecule has 0 radical (unpaired) electrons. The van der Waals surface area contributed by atoms with Crippen LogP contribution in [0.3, 0.4) is 0 Å². The van der Waals surface area contributed by atoms with Crippen LogP contribution in [-0.4, -0.2) is 29.3 Å². The predicted molar refractivity (Wildman–Crippen MR) is 54.9 cm³/mol. The third-order valence-corrected chi connectivity index (χ3v) is 2.94. The van der Waals surface area contributed by atoms with Crippen molar-refractivity contribution in [1.29, 1.82) is 0 Å². The van der Waals surface area contributed by atoms with Crippen LogP contribution in [0.4, 0.5) is 0 Å². The van der Waals surface area contributed by atoms with Crippen LogP contribution in [0.1, 0.15) is 33.1 Å². The van der Waals surface area contributed by atoms with Gasteiger partial charge in [-0.1, -0.05) is 13.8 Å². The standard InChI is InChI=1S/C10H18ClNO/c1-8(2)10(13)12-6-4-3-5-9(12)7-11/h8-9H,3-7H2,1-2H3. The van der Waals surface area contributed by atoms with Crippen molar-refractivity contribution >= 4 is 17.5 Å². The smallest absolute Gasteiger partial charge is 0.225 e. The molecular formula is C10H18ClNO. The van der Waals surface area contributed by atoms with Gasteiger partial charge in [0.05, 0.1) is 0 Å². The molecule has 0 bridgehead atoms. The van der Waals surface area contributed by atoms with E-state index in [1.165, 1.54) is 6.42 Å². The fraction of sp³-hybridized carbons (Fsp3) is 0.900. The second-order valence-electron chi connectivity index (χ2n) is 3.99. The van der Waals surface area contributed by atoms with E-state index in [0.29, 0.717) is 5.88 Å². The lowest BCUT2D eigenvalue weighted by Crippen LogP contribution is -2.46. The van der Waals surface area contributed by atoms with Crippen molar-refractivity contribution in [3.63, 3.8) is 0 Å². The van der Waals surface area contributed by atoms with Gasteiger partial charge in [0, 0.05) is 24.4 Å². The number of amides is 1. The number of alkyl halides is 1. The number of nitrogens with zero attached hydrogens (tertiary/aromatic N) is 1. The van der Waals surface area contributed by atoms with Crippen molar-refractivity contribution in [3.05, 3.63) is 0 Å². The van der Waals surface area contributed by atoms with Gasteiger partial charge in [0.15, 0.2) is 0 Å². The average molecular weight is 204 g/mol. The van der Waals surface area contributed by atoms with Crippen molar-refractivity contribution in [2.45, 2.75) is 39.2 Å². The first kappa shape index (κ1) is 10.8. The second kappa shape index (κ2) is 4.85. The van der Waals surface area contributed by atoms with Crippen LogP contribution in [0.5, 0.6) is 0 Å². The maximum atomic E-state index is 11.7. The number of carbonyl (C=O) groups excluding carboxylic acids is 1. The number of rotatable bonds is 2. The monoisotopic (exact) mass is 203 g/mol. The van der Waals surface area contributed by atoms with Crippen LogP contribution in [0.2, 0.25) is 0 Å². The van der Waals surface area contributed by atoms with Gasteiger partial charge in [0.2, 0.25) is 5.91 Å². The fourth-order valence-corrected chi connectivity index (χ4v) is 2.10. The highest BCUT2D eigenvalue weighted by Crippen LogP contribution is 2.19. The molecule has 1 amide bonds. The van der Waals surface area contributed by atoms with Crippen molar-refractivity contribution in [2.24, 2.45) is 5.92 Å². The van der Waals surface area contributed by atoms with E-state index in [1.54, 1.807) is 0 Å². The van der Waals surface area contributed by atoms with Gasteiger partial charge in [-0.3, -0.25) is 4.79 Å². The van der Waals surface area contributed by atoms with E-state index in [9.17, 15) is 4.79 Å². The molecule has 1 saturated heterocycles. The molecular weight excluding hydrogens is 186 g/mol. The summed E-state index contributed by atoms with van der Waals surface area (Å²) in [5, 5.41) is 0. The van der Waals surface area contributed by atoms with E-state index in [2.05, 4.69) is 0 Å². The number of carbonyl (C=O) groups is 1. The van der Waals surface area contributed by atoms with E-state index >= 15 is 0 Å². The van der Waals surface area contributed by atoms with Crippen LogP contribution < -0.4 is 0 Å². The minimum absolute atomic E-state index is 0.101. The highest BCUT2D eigenvalue weighted by Gasteiger charge is 2.26. The number of likely N-dealkylation sites (tertiary alicyclic amines) is 1. The molecule has 1 aliphatic heterocycles. The normalized spacial score (nSPS) is 23.7. The van der Waals surface area contributed by atoms with Crippen LogP contribution in [0.25, 0.3) is 0 Å². The molecule has 1 rings (SSSR count). The van der Waals surface area contributed by atoms with Crippen molar-refractivity contribution < 1.29 is 4.79 Å². The second-order valence-corrected chi connectivity index (χ2v) is 4.30. The summed E-state index contributed by atoms with van der Waals surface area (Å²) in [6.45, 7) is 4.79. The topological polar surface area (TPSA) is 20.3 Å². The molecule has 0 aromatic rings. The molecule has 3 heteroatoms. The zero-order valence-electron chi connectivity index (χ0n) is 8.42. The van der Waals surface area contributed by atoms with Gasteiger partial charge in [-0.2, -0.15) is 0 Å². The molecule has 0 saturated carbocycles. The largest absolute Gasteiger partial charge is 0.338 e. The molecule has 1 atom stereocenters. The summed E-state index contributed by atoms with van der Waals surface area (Å²) >= 11 is 5.83. The average Bonchev–Trinajstić information content (AvgIpc) is 2.16. The fourth-order valence-electron chi connectivity index (χ4n) is 1.78. The molecule has 1 aliphatic rings. The van der Waals surface area contributed by atoms with Gasteiger partial charge in [0.1, 0.15) is 0 Å². The molecule has 2 nitrogen and oxygen atoms in total. The summed E-state index contributed by atoms with van der Waals surface area (Å²) in [4.78, 5) is 13.7. The summed E-state index contributed by atoms with van der Waals surface area (Å²) in [5.41, 5.74) is 0. The lowest BCUT2D eigenvalue weighted by molar-refractivity contribution is -0.137. The predicted octanol–water partition coefficient (Wildman–Crippen LogP) is 2.26. The number of hydrogen-bond donors (Lipinski definition) is 0. The summed E-state index contributed by atoms with van der Waals surface area (Å²) in [5.74, 6) is 0.938. The number of hydrogen-bond acceptors (Lipinski definition) is 1. The van der Waals surface area contributed by atoms with Gasteiger partial charge in [-0.25, -0.2) is 0 Å². The maximum absolute atomic E-state index is 11.7. The summed E-state index contributed by atoms with van der Waals surface area (Å²) < 4.78 is 0. The van der Waals surface area contributed by atoms with Crippen LogP contribution >= 0.6 is 11.6 Å². The Morgan fingerprint density at radius 3 is 2.77 bits per heavy atom. The first-order valence-electron chi connectivity index (χ1n) is 5.03. The molecule has 76 valence electrons. The Balaban J connectivity index is 2.58. The summed E-state index contributed by atoms with van der Waals surface area (Å²) in [7, 11) is 0. The number of halogens is 1. The van der Waals surface area contributed by atoms with E-state index in [1.807, 2.05) is 18.7 Å². The Morgan fingerprint density at radius 1 is 1.54 bits per heavy atom. The van der Waals surface area contributed by atoms with Crippen molar-refractivity contribution in [3.8, 4) is 0 Å². The molecule has 13 heavy (non-hydrogen) atoms. The number of piperidine rings is 1. The molecule has 1 unspecified atom stereocenters. The SMILES string of the molecule is CC(C)C(=O)N1CCCCC1CCl. The lowest BCUT2D eigenvalue weighted by atomic mass is 10.0. The Morgan fingerprint density at radius 2 is 2.23 bits per heavy atom. The van der Waals surface area contributed by atoms with E-state index in [4.69, 9.17) is 11.6 Å². The third kappa shape index (κ3) is 2.60. The Kier molecular flexibility index (Phi) is 4.04. The van der Waals surface area contributed by atoms with Gasteiger partial charge in [-0.15, -0.1) is 11.6 Å². The summed E-state index contributed by atoms with van der Waals surface area (Å²) in [6.07, 6.45) is 3.41. The first-order valence-corrected chi connectivity index (χ1v) is 5.56. The highest BCUT2D eigenvalue weighted by molar-refractivity contribution is 6.18. The van der Waals surface area contributed by atoms with Crippen molar-refractivity contribution in [2.75, 3.05) is 12.4 Å². The van der Waals surface area contributed by atoms with Crippen molar-refractivity contribution in [1.82, 2.24) is 4.90 Å². The Labute approximate surface area is 85.2 Å². The quantitative estimate of drug-likeness (QED) is 0.631. The Bertz CT molecular complexity index is 182. The van der Waals surface area contributed by atoms with E-state index < -0.39 is 0 Å². The molecule has 1 heterocycles. The van der Waals surface area contributed by atoms with Crippen LogP contribution in [-0.2, 0) is 4.79 Å². The minimum atomic E-state index is 0.101. The molecule has 1 fully saturated rings. The zero-order valence-corrected chi connectivity index (χ0v) is 9.18. The van der Waals surface area contributed by atoms with Crippen LogP contribution in [0.15, 0.2) is 0 Å². The summed E-state index contributed by atoms with van der Waals surface area (Å²) in [6, 6.07) is 0.283. The Hall–Kier alpha value is -0.240. The highest BCUT2D eigenvalue weighted by atomic mass is 35.5. The molecule has 0 aromatic heterocycles. The van der Waals surface area contributed by atoms with Crippen LogP contribution in [0, 0.1) is 5.92 Å². The lowest BCUT2D eigenvalue weighted by Gasteiger charge is -2.35.